The van der Waals surface area contributed by atoms with Gasteiger partial charge in [-0.25, -0.2) is 0 Å². The average Bonchev–Trinajstić information content (AvgIpc) is 1.62. The van der Waals surface area contributed by atoms with E-state index in [0.29, 0.717) is 22.9 Å². The zero-order chi connectivity index (χ0) is 93.6. The molecule has 7 aliphatic rings. The lowest BCUT2D eigenvalue weighted by atomic mass is 9.30. The smallest absolute Gasteiger partial charge is 0.256 e. The summed E-state index contributed by atoms with van der Waals surface area (Å²) >= 11 is 0. The van der Waals surface area contributed by atoms with Gasteiger partial charge in [-0.15, -0.1) is 0 Å². The number of nitrogens with zero attached hydrogens (tertiary/aromatic N) is 4. The van der Waals surface area contributed by atoms with Crippen molar-refractivity contribution >= 4 is 120 Å². The van der Waals surface area contributed by atoms with Crippen LogP contribution in [0.4, 0.5) is 51.2 Å². The van der Waals surface area contributed by atoms with Crippen molar-refractivity contribution in [2.24, 2.45) is 0 Å². The Balaban J connectivity index is 0.847. The van der Waals surface area contributed by atoms with Crippen LogP contribution >= 0.6 is 0 Å². The molecule has 3 aliphatic carbocycles. The van der Waals surface area contributed by atoms with Gasteiger partial charge in [0, 0.05) is 79.1 Å². The highest BCUT2D eigenvalue weighted by Gasteiger charge is 2.55. The molecule has 0 atom stereocenters. The molecule has 7 heteroatoms. The quantitative estimate of drug-likeness (QED) is 0.134. The topological polar surface area (TPSA) is 23.9 Å². The van der Waals surface area contributed by atoms with Crippen molar-refractivity contribution < 1.29 is 15.7 Å². The van der Waals surface area contributed by atoms with Crippen LogP contribution in [0, 0.1) is 0 Å². The molecule has 1 aromatic heterocycles. The van der Waals surface area contributed by atoms with Gasteiger partial charge >= 0.3 is 0 Å². The number of rotatable bonds is 9. The van der Waals surface area contributed by atoms with E-state index in [1.54, 1.807) is 4.57 Å². The molecule has 0 saturated heterocycles. The molecular formula is C122H94B2N4O. The second-order valence-corrected chi connectivity index (χ2v) is 38.6. The number of allylic oxidation sites excluding steroid dienone is 2. The number of fused-ring (bicyclic) bond motifs is 21. The Hall–Kier alpha value is -14.9. The first-order valence-corrected chi connectivity index (χ1v) is 45.1. The third-order valence-corrected chi connectivity index (χ3v) is 28.2. The Morgan fingerprint density at radius 3 is 1.33 bits per heavy atom. The van der Waals surface area contributed by atoms with Gasteiger partial charge < -0.3 is 24.0 Å². The van der Waals surface area contributed by atoms with E-state index in [4.69, 9.17) is 4.74 Å². The van der Waals surface area contributed by atoms with Gasteiger partial charge in [0.1, 0.15) is 11.5 Å². The molecule has 1 spiro atoms. The molecule has 5 heterocycles. The molecule has 17 aromatic carbocycles. The number of hydrogen-bond acceptors (Lipinski definition) is 4. The lowest BCUT2D eigenvalue weighted by Crippen LogP contribution is -2.64. The molecule has 0 radical (unpaired) electrons. The molecule has 0 unspecified atom stereocenters. The van der Waals surface area contributed by atoms with Crippen molar-refractivity contribution in [1.29, 1.82) is 0 Å². The third-order valence-electron chi connectivity index (χ3n) is 28.2. The van der Waals surface area contributed by atoms with Crippen LogP contribution in [-0.4, -0.2) is 18.0 Å². The van der Waals surface area contributed by atoms with E-state index in [1.807, 2.05) is 12.1 Å². The monoisotopic (exact) mass is 1660 g/mol. The van der Waals surface area contributed by atoms with Crippen molar-refractivity contribution in [2.75, 3.05) is 14.7 Å². The van der Waals surface area contributed by atoms with Crippen LogP contribution in [0.25, 0.3) is 107 Å². The maximum atomic E-state index is 10.5. The minimum absolute atomic E-state index is 0.00662. The molecule has 0 fully saturated rings. The van der Waals surface area contributed by atoms with Gasteiger partial charge in [0.2, 0.25) is 0 Å². The number of benzene rings is 17. The molecule has 0 amide bonds. The highest BCUT2D eigenvalue weighted by atomic mass is 16.5. The lowest BCUT2D eigenvalue weighted by molar-refractivity contribution is 0.488. The standard InChI is InChI=1S/C122H94B2N4O/c1-119(2,3)81-67-82(120(4,5)6)69-84(68-81)126-106-63-35-32-59-100(106)124-103-74-102-108(75-112(103)129-113-66-80(65-109(126)116(113)124)86-52-37-55-94-91-49-27-31-58-99(91)122(114(86)94)97-56-29-25-47-89(97)90-48-26-30-57-98(90)122)128(118-95(78-43-19-12-20-44-78)70-83(121(7,8)9)71-96(118)79-45-21-13-22-46-79)111-73-85(125-104-61-24-14-23-50-92(104)93-51-28-34-62-105(93)125)72-110-115(111)123(102)101-60-33-36-64-107(101)127(110)117-87(76-39-15-10-16-40-76)53-38-54-88(117)77-41-17-11-18-42-77/h10-13,15-75H,14H2,1-9H3/i23D,24D,28D,34D,50D,51D,61D,62D. The first-order valence-electron chi connectivity index (χ1n) is 49.1. The number of ether oxygens (including phenoxy) is 1. The van der Waals surface area contributed by atoms with E-state index >= 15 is 0 Å². The van der Waals surface area contributed by atoms with Gasteiger partial charge in [0.15, 0.2) is 0 Å². The largest absolute Gasteiger partial charge is 0.458 e. The van der Waals surface area contributed by atoms with E-state index in [1.165, 1.54) is 55.6 Å². The molecule has 18 aromatic rings. The Morgan fingerprint density at radius 2 is 0.760 bits per heavy atom. The normalized spacial score (nSPS) is 15.4. The van der Waals surface area contributed by atoms with Crippen LogP contribution in [0.5, 0.6) is 11.5 Å². The zero-order valence-electron chi connectivity index (χ0n) is 81.5. The van der Waals surface area contributed by atoms with Crippen molar-refractivity contribution in [3.8, 4) is 95.1 Å². The lowest BCUT2D eigenvalue weighted by Gasteiger charge is -2.47. The molecule has 4 aliphatic heterocycles. The summed E-state index contributed by atoms with van der Waals surface area (Å²) in [6, 6.07) is 124. The van der Waals surface area contributed by atoms with Gasteiger partial charge in [-0.3, -0.25) is 0 Å². The van der Waals surface area contributed by atoms with E-state index in [-0.39, 0.29) is 63.6 Å². The summed E-state index contributed by atoms with van der Waals surface area (Å²) < 4.78 is 89.8. The molecule has 0 N–H and O–H groups in total. The summed E-state index contributed by atoms with van der Waals surface area (Å²) in [4.78, 5) is 7.44. The van der Waals surface area contributed by atoms with Gasteiger partial charge in [-0.1, -0.05) is 378 Å². The number of para-hydroxylation sites is 4. The minimum atomic E-state index is -0.714. The van der Waals surface area contributed by atoms with Crippen LogP contribution in [-0.2, 0) is 21.7 Å². The zero-order valence-corrected chi connectivity index (χ0v) is 73.5. The van der Waals surface area contributed by atoms with Crippen molar-refractivity contribution in [1.82, 2.24) is 4.57 Å². The maximum absolute atomic E-state index is 10.5. The van der Waals surface area contributed by atoms with Gasteiger partial charge in [-0.2, -0.15) is 0 Å². The highest BCUT2D eigenvalue weighted by molar-refractivity contribution is 7.02. The van der Waals surface area contributed by atoms with Gasteiger partial charge in [0.05, 0.1) is 44.7 Å². The molecule has 614 valence electrons. The van der Waals surface area contributed by atoms with Crippen LogP contribution in [0.3, 0.4) is 0 Å². The van der Waals surface area contributed by atoms with Crippen LogP contribution in [0.2, 0.25) is 0 Å². The Kier molecular flexibility index (Phi) is 15.1. The van der Waals surface area contributed by atoms with E-state index in [0.717, 1.165) is 139 Å². The SMILES string of the molecule is [2H]C1=C([2H])c2c(n(-c3cc4c5c(c3)N(c3c(-c6ccccc6)cc(C(C)(C)C)cc3-c3ccccc3)c3cc6c(cc3B5c3ccccc3N4c3c(-c4ccccc4)cccc3-c3ccccc3)B3c4ccccc4N(c4cc(C(C)(C)C)cc(C(C)(C)C)c4)c4cc(-c5cccc7c5C5(c8ccccc8-c8ccccc85)c5ccccc5-7)cc(c43)O6)c3c([2H])c([2H])c([2H])c([2H])c23)C([2H])=C([2H])C1. The summed E-state index contributed by atoms with van der Waals surface area (Å²) in [5.74, 6) is 1.36. The first kappa shape index (κ1) is 68.4. The maximum Gasteiger partial charge on any atom is 0.256 e. The first-order chi connectivity index (χ1) is 66.2. The van der Waals surface area contributed by atoms with Crippen LogP contribution in [0.1, 0.15) is 130 Å². The predicted molar refractivity (Wildman–Crippen MR) is 545 cm³/mol. The molecule has 5 nitrogen and oxygen atoms in total. The number of hydrogen-bond donors (Lipinski definition) is 0. The molecule has 129 heavy (non-hydrogen) atoms. The minimum Gasteiger partial charge on any atom is -0.458 e. The fraction of sp³-hybridized carbons (Fsp3) is 0.115. The molecule has 0 bridgehead atoms. The average molecular weight is 1660 g/mol. The van der Waals surface area contributed by atoms with Crippen molar-refractivity contribution in [3.63, 3.8) is 0 Å². The summed E-state index contributed by atoms with van der Waals surface area (Å²) in [5.41, 5.74) is 35.7. The second kappa shape index (κ2) is 28.5. The van der Waals surface area contributed by atoms with Crippen molar-refractivity contribution in [3.05, 3.63) is 432 Å². The second-order valence-electron chi connectivity index (χ2n) is 38.6. The summed E-state index contributed by atoms with van der Waals surface area (Å²) in [5, 5.41) is -0.0172. The summed E-state index contributed by atoms with van der Waals surface area (Å²) in [6.45, 7) is 19.7. The fourth-order valence-electron chi connectivity index (χ4n) is 22.4. The molecule has 0 saturated carbocycles. The number of anilines is 9. The number of aromatic nitrogens is 1. The van der Waals surface area contributed by atoms with Gasteiger partial charge in [0.25, 0.3) is 13.4 Å². The highest BCUT2D eigenvalue weighted by Crippen LogP contribution is 2.66. The van der Waals surface area contributed by atoms with E-state index < -0.39 is 48.4 Å². The Bertz CT molecular complexity index is 8140. The summed E-state index contributed by atoms with van der Waals surface area (Å²) in [7, 11) is 0. The van der Waals surface area contributed by atoms with Crippen molar-refractivity contribution in [2.45, 2.75) is 90.4 Å². The van der Waals surface area contributed by atoms with Crippen LogP contribution in [0.15, 0.2) is 382 Å². The predicted octanol–water partition coefficient (Wildman–Crippen LogP) is 28.1. The Labute approximate surface area is 768 Å². The van der Waals surface area contributed by atoms with E-state index in [9.17, 15) is 11.0 Å². The Morgan fingerprint density at radius 1 is 0.318 bits per heavy atom. The van der Waals surface area contributed by atoms with Crippen LogP contribution < -0.4 is 52.2 Å². The molecule has 25 rings (SSSR count). The summed E-state index contributed by atoms with van der Waals surface area (Å²) in [6.07, 6.45) is -0.347. The molecular weight excluding hydrogens is 1560 g/mol. The van der Waals surface area contributed by atoms with Gasteiger partial charge in [-0.05, 0) is 223 Å². The third kappa shape index (κ3) is 11.5. The van der Waals surface area contributed by atoms with E-state index in [2.05, 4.69) is 411 Å². The fourth-order valence-corrected chi connectivity index (χ4v) is 22.4.